The predicted molar refractivity (Wildman–Crippen MR) is 118 cm³/mol. The van der Waals surface area contributed by atoms with E-state index < -0.39 is 42.3 Å². The van der Waals surface area contributed by atoms with Crippen LogP contribution < -0.4 is 15.8 Å². The molecular formula is C24H23F3N2O5. The highest BCUT2D eigenvalue weighted by Gasteiger charge is 2.30. The number of halogens is 3. The number of nitrogens with two attached hydrogens (primary N) is 1. The van der Waals surface area contributed by atoms with Crippen molar-refractivity contribution in [2.24, 2.45) is 5.73 Å². The van der Waals surface area contributed by atoms with E-state index in [1.54, 1.807) is 43.3 Å². The first kappa shape index (κ1) is 25.0. The lowest BCUT2D eigenvalue weighted by atomic mass is 10.1. The summed E-state index contributed by atoms with van der Waals surface area (Å²) in [4.78, 5) is 24.1. The van der Waals surface area contributed by atoms with Crippen molar-refractivity contribution in [2.75, 3.05) is 13.2 Å². The number of aliphatic hydroxyl groups is 1. The summed E-state index contributed by atoms with van der Waals surface area (Å²) < 4.78 is 49.0. The van der Waals surface area contributed by atoms with Gasteiger partial charge in [0.2, 0.25) is 0 Å². The van der Waals surface area contributed by atoms with E-state index in [0.29, 0.717) is 22.1 Å². The highest BCUT2D eigenvalue weighted by molar-refractivity contribution is 6.00. The summed E-state index contributed by atoms with van der Waals surface area (Å²) in [6.07, 6.45) is -4.43. The molecule has 10 heteroatoms. The molecule has 3 rings (SSSR count). The number of carbonyl (C=O) groups excluding carboxylic acids is 2. The molecule has 0 heterocycles. The molecule has 34 heavy (non-hydrogen) atoms. The Morgan fingerprint density at radius 2 is 1.79 bits per heavy atom. The number of rotatable bonds is 8. The van der Waals surface area contributed by atoms with E-state index >= 15 is 0 Å². The van der Waals surface area contributed by atoms with Crippen LogP contribution in [0.5, 0.6) is 11.5 Å². The number of esters is 1. The van der Waals surface area contributed by atoms with Gasteiger partial charge in [0.15, 0.2) is 0 Å². The molecule has 0 fully saturated rings. The quantitative estimate of drug-likeness (QED) is 0.428. The fourth-order valence-corrected chi connectivity index (χ4v) is 3.06. The Hall–Kier alpha value is -3.63. The van der Waals surface area contributed by atoms with Crippen LogP contribution in [0.1, 0.15) is 22.8 Å². The van der Waals surface area contributed by atoms with E-state index in [0.717, 1.165) is 12.1 Å². The lowest BCUT2D eigenvalue weighted by molar-refractivity contribution is -0.146. The van der Waals surface area contributed by atoms with Crippen LogP contribution >= 0.6 is 0 Å². The van der Waals surface area contributed by atoms with Gasteiger partial charge in [0.05, 0.1) is 18.2 Å². The average molecular weight is 476 g/mol. The molecule has 0 aromatic heterocycles. The van der Waals surface area contributed by atoms with E-state index in [1.807, 2.05) is 0 Å². The van der Waals surface area contributed by atoms with Crippen molar-refractivity contribution in [2.45, 2.75) is 25.2 Å². The van der Waals surface area contributed by atoms with E-state index in [-0.39, 0.29) is 12.4 Å². The van der Waals surface area contributed by atoms with Crippen molar-refractivity contribution < 1.29 is 37.3 Å². The Balaban J connectivity index is 1.69. The molecule has 0 radical (unpaired) electrons. The number of fused-ring (bicyclic) bond motifs is 1. The number of ether oxygens (including phenoxy) is 2. The number of hydrogen-bond acceptors (Lipinski definition) is 6. The molecule has 0 spiro atoms. The third-order valence-electron chi connectivity index (χ3n) is 4.86. The molecule has 0 aliphatic heterocycles. The Kier molecular flexibility index (Phi) is 7.75. The highest BCUT2D eigenvalue weighted by Crippen LogP contribution is 2.33. The molecule has 0 saturated heterocycles. The zero-order chi connectivity index (χ0) is 24.9. The van der Waals surface area contributed by atoms with Crippen LogP contribution in [0.2, 0.25) is 0 Å². The summed E-state index contributed by atoms with van der Waals surface area (Å²) in [6, 6.07) is 12.8. The van der Waals surface area contributed by atoms with Crippen LogP contribution in [-0.2, 0) is 15.7 Å². The Morgan fingerprint density at radius 1 is 1.09 bits per heavy atom. The maximum absolute atomic E-state index is 12.8. The number of nitrogens with one attached hydrogen (secondary N) is 1. The summed E-state index contributed by atoms with van der Waals surface area (Å²) in [6.45, 7) is 0.991. The normalized spacial score (nSPS) is 13.2. The molecule has 0 bridgehead atoms. The van der Waals surface area contributed by atoms with Crippen molar-refractivity contribution in [3.05, 3.63) is 71.8 Å². The lowest BCUT2D eigenvalue weighted by Crippen LogP contribution is -2.40. The molecule has 0 aliphatic rings. The van der Waals surface area contributed by atoms with Crippen molar-refractivity contribution in [1.82, 2.24) is 5.32 Å². The van der Waals surface area contributed by atoms with Crippen molar-refractivity contribution >= 4 is 22.6 Å². The van der Waals surface area contributed by atoms with Gasteiger partial charge in [0.1, 0.15) is 24.1 Å². The molecule has 4 N–H and O–H groups in total. The highest BCUT2D eigenvalue weighted by atomic mass is 19.4. The second-order valence-electron chi connectivity index (χ2n) is 7.61. The minimum atomic E-state index is -4.43. The average Bonchev–Trinajstić information content (AvgIpc) is 2.81. The second kappa shape index (κ2) is 10.5. The Morgan fingerprint density at radius 3 is 2.44 bits per heavy atom. The summed E-state index contributed by atoms with van der Waals surface area (Å²) in [5.74, 6) is -0.503. The monoisotopic (exact) mass is 476 g/mol. The molecular weight excluding hydrogens is 453 g/mol. The topological polar surface area (TPSA) is 111 Å². The first-order valence-corrected chi connectivity index (χ1v) is 10.3. The van der Waals surface area contributed by atoms with Gasteiger partial charge < -0.3 is 25.6 Å². The van der Waals surface area contributed by atoms with E-state index in [1.165, 1.54) is 12.1 Å². The van der Waals surface area contributed by atoms with Gasteiger partial charge in [-0.1, -0.05) is 12.1 Å². The summed E-state index contributed by atoms with van der Waals surface area (Å²) >= 11 is 0. The maximum Gasteiger partial charge on any atom is 0.416 e. The van der Waals surface area contributed by atoms with Gasteiger partial charge >= 0.3 is 12.1 Å². The smallest absolute Gasteiger partial charge is 0.416 e. The first-order valence-electron chi connectivity index (χ1n) is 10.3. The third kappa shape index (κ3) is 6.24. The van der Waals surface area contributed by atoms with Gasteiger partial charge in [-0.15, -0.1) is 0 Å². The van der Waals surface area contributed by atoms with Crippen LogP contribution in [-0.4, -0.2) is 42.3 Å². The number of alkyl halides is 3. The van der Waals surface area contributed by atoms with Gasteiger partial charge in [-0.3, -0.25) is 9.59 Å². The van der Waals surface area contributed by atoms with Crippen LogP contribution in [0, 0.1) is 0 Å². The zero-order valence-corrected chi connectivity index (χ0v) is 18.1. The van der Waals surface area contributed by atoms with Crippen molar-refractivity contribution in [3.63, 3.8) is 0 Å². The Bertz CT molecular complexity index is 1170. The molecule has 1 amide bonds. The number of aliphatic hydroxyl groups excluding tert-OH is 1. The van der Waals surface area contributed by atoms with E-state index in [2.05, 4.69) is 5.32 Å². The first-order chi connectivity index (χ1) is 16.1. The van der Waals surface area contributed by atoms with Gasteiger partial charge in [0.25, 0.3) is 5.91 Å². The van der Waals surface area contributed by atoms with Crippen LogP contribution in [0.3, 0.4) is 0 Å². The fraction of sp³-hybridized carbons (Fsp3) is 0.250. The fourth-order valence-electron chi connectivity index (χ4n) is 3.06. The number of carbonyl (C=O) groups is 2. The molecule has 180 valence electrons. The Labute approximate surface area is 193 Å². The molecule has 0 unspecified atom stereocenters. The van der Waals surface area contributed by atoms with E-state index in [9.17, 15) is 22.8 Å². The molecule has 3 aromatic rings. The SMILES string of the molecule is C[C@H](COC(=O)[C@@H](N)CO)NC(=O)c1ccc2c(Oc3ccc(C(F)(F)F)cc3)cccc2c1. The molecule has 0 aliphatic carbocycles. The second-order valence-corrected chi connectivity index (χ2v) is 7.61. The van der Waals surface area contributed by atoms with Gasteiger partial charge in [-0.2, -0.15) is 13.2 Å². The number of benzene rings is 3. The summed E-state index contributed by atoms with van der Waals surface area (Å²) in [7, 11) is 0. The van der Waals surface area contributed by atoms with E-state index in [4.69, 9.17) is 20.3 Å². The van der Waals surface area contributed by atoms with Gasteiger partial charge in [-0.25, -0.2) is 0 Å². The minimum Gasteiger partial charge on any atom is -0.462 e. The van der Waals surface area contributed by atoms with Crippen LogP contribution in [0.25, 0.3) is 10.8 Å². The number of amides is 1. The summed E-state index contributed by atoms with van der Waals surface area (Å²) in [5, 5.41) is 12.9. The van der Waals surface area contributed by atoms with Gasteiger partial charge in [0, 0.05) is 10.9 Å². The maximum atomic E-state index is 12.8. The molecule has 7 nitrogen and oxygen atoms in total. The largest absolute Gasteiger partial charge is 0.462 e. The van der Waals surface area contributed by atoms with Crippen molar-refractivity contribution in [3.8, 4) is 11.5 Å². The predicted octanol–water partition coefficient (Wildman–Crippen LogP) is 3.63. The minimum absolute atomic E-state index is 0.114. The van der Waals surface area contributed by atoms with Gasteiger partial charge in [-0.05, 0) is 60.8 Å². The van der Waals surface area contributed by atoms with Crippen LogP contribution in [0.15, 0.2) is 60.7 Å². The molecule has 0 saturated carbocycles. The standard InChI is InChI=1S/C24H23F3N2O5/c1-14(13-33-23(32)20(28)12-30)29-22(31)16-5-10-19-15(11-16)3-2-4-21(19)34-18-8-6-17(7-9-18)24(25,26)27/h2-11,14,20,30H,12-13,28H2,1H3,(H,29,31)/t14-,20+/m1/s1. The molecule has 3 aromatic carbocycles. The molecule has 2 atom stereocenters. The lowest BCUT2D eigenvalue weighted by Gasteiger charge is -2.16. The van der Waals surface area contributed by atoms with Crippen molar-refractivity contribution in [1.29, 1.82) is 0 Å². The van der Waals surface area contributed by atoms with Crippen LogP contribution in [0.4, 0.5) is 13.2 Å². The zero-order valence-electron chi connectivity index (χ0n) is 18.1. The summed E-state index contributed by atoms with van der Waals surface area (Å²) in [5.41, 5.74) is 4.95. The number of hydrogen-bond donors (Lipinski definition) is 3. The third-order valence-corrected chi connectivity index (χ3v) is 4.86.